The number of hydrogen-bond donors (Lipinski definition) is 0. The van der Waals surface area contributed by atoms with E-state index in [0.29, 0.717) is 0 Å². The van der Waals surface area contributed by atoms with Gasteiger partial charge in [0.05, 0.1) is 13.7 Å². The molecule has 6 nitrogen and oxygen atoms in total. The average Bonchev–Trinajstić information content (AvgIpc) is 2.57. The quantitative estimate of drug-likeness (QED) is 0.524. The molecule has 0 aliphatic carbocycles. The van der Waals surface area contributed by atoms with E-state index in [2.05, 4.69) is 4.74 Å². The van der Waals surface area contributed by atoms with Crippen LogP contribution < -0.4 is 0 Å². The lowest BCUT2D eigenvalue weighted by atomic mass is 10.2. The molecule has 1 saturated heterocycles. The summed E-state index contributed by atoms with van der Waals surface area (Å²) in [4.78, 5) is 23.2. The fourth-order valence-corrected chi connectivity index (χ4v) is 2.19. The first-order valence-electron chi connectivity index (χ1n) is 5.24. The van der Waals surface area contributed by atoms with Gasteiger partial charge in [0.2, 0.25) is 0 Å². The Balaban J connectivity index is 2.60. The standard InChI is InChI=1S/C10H18N2O4S/c1-10(2,3)16-9(14)12-6-7(8(13)15-5)11(4)17-12/h7H,6H2,1-5H3. The molecule has 1 heterocycles. The van der Waals surface area contributed by atoms with E-state index >= 15 is 0 Å². The molecule has 1 rings (SSSR count). The summed E-state index contributed by atoms with van der Waals surface area (Å²) in [6.07, 6.45) is -0.444. The smallest absolute Gasteiger partial charge is 0.421 e. The van der Waals surface area contributed by atoms with Gasteiger partial charge in [-0.1, -0.05) is 0 Å². The van der Waals surface area contributed by atoms with Crippen molar-refractivity contribution in [2.24, 2.45) is 0 Å². The van der Waals surface area contributed by atoms with Crippen LogP contribution in [0, 0.1) is 0 Å². The first kappa shape index (κ1) is 14.1. The number of ether oxygens (including phenoxy) is 2. The van der Waals surface area contributed by atoms with Crippen molar-refractivity contribution in [3.63, 3.8) is 0 Å². The summed E-state index contributed by atoms with van der Waals surface area (Å²) in [5.41, 5.74) is -0.542. The Labute approximate surface area is 105 Å². The van der Waals surface area contributed by atoms with Crippen LogP contribution in [-0.4, -0.2) is 53.0 Å². The molecule has 1 aliphatic rings. The third-order valence-corrected chi connectivity index (χ3v) is 3.08. The summed E-state index contributed by atoms with van der Waals surface area (Å²) in [6.45, 7) is 5.66. The zero-order valence-electron chi connectivity index (χ0n) is 10.7. The minimum Gasteiger partial charge on any atom is -0.468 e. The molecule has 1 atom stereocenters. The summed E-state index contributed by atoms with van der Waals surface area (Å²) in [6, 6.07) is -0.447. The molecule has 0 aromatic rings. The second-order valence-electron chi connectivity index (χ2n) is 4.71. The molecular weight excluding hydrogens is 244 g/mol. The van der Waals surface area contributed by atoms with E-state index in [9.17, 15) is 9.59 Å². The number of hydrogen-bond acceptors (Lipinski definition) is 6. The molecular formula is C10H18N2O4S. The Kier molecular flexibility index (Phi) is 4.26. The van der Waals surface area contributed by atoms with Crippen molar-refractivity contribution in [2.75, 3.05) is 20.7 Å². The van der Waals surface area contributed by atoms with Crippen molar-refractivity contribution in [2.45, 2.75) is 32.4 Å². The lowest BCUT2D eigenvalue weighted by Crippen LogP contribution is -2.37. The van der Waals surface area contributed by atoms with Crippen LogP contribution in [0.4, 0.5) is 4.79 Å². The zero-order chi connectivity index (χ0) is 13.2. The molecule has 7 heteroatoms. The molecule has 1 unspecified atom stereocenters. The lowest BCUT2D eigenvalue weighted by molar-refractivity contribution is -0.144. The Morgan fingerprint density at radius 1 is 1.35 bits per heavy atom. The number of carbonyl (C=O) groups excluding carboxylic acids is 2. The zero-order valence-corrected chi connectivity index (χ0v) is 11.5. The summed E-state index contributed by atoms with van der Waals surface area (Å²) < 4.78 is 13.0. The predicted octanol–water partition coefficient (Wildman–Crippen LogP) is 1.27. The third-order valence-electron chi connectivity index (χ3n) is 2.08. The summed E-state index contributed by atoms with van der Waals surface area (Å²) >= 11 is 1.16. The van der Waals surface area contributed by atoms with E-state index in [1.165, 1.54) is 11.4 Å². The lowest BCUT2D eigenvalue weighted by Gasteiger charge is -2.23. The van der Waals surface area contributed by atoms with Crippen molar-refractivity contribution in [3.05, 3.63) is 0 Å². The van der Waals surface area contributed by atoms with Crippen LogP contribution >= 0.6 is 12.1 Å². The number of carbonyl (C=O) groups is 2. The van der Waals surface area contributed by atoms with Crippen molar-refractivity contribution in [1.82, 2.24) is 8.61 Å². The molecule has 0 N–H and O–H groups in total. The van der Waals surface area contributed by atoms with Gasteiger partial charge in [-0.05, 0) is 20.8 Å². The van der Waals surface area contributed by atoms with E-state index in [4.69, 9.17) is 4.74 Å². The normalized spacial score (nSPS) is 21.5. The second kappa shape index (κ2) is 5.14. The molecule has 98 valence electrons. The summed E-state index contributed by atoms with van der Waals surface area (Å²) in [7, 11) is 3.06. The molecule has 1 amide bonds. The SMILES string of the molecule is COC(=O)C1CN(C(=O)OC(C)(C)C)SN1C. The van der Waals surface area contributed by atoms with E-state index in [0.717, 1.165) is 12.1 Å². The second-order valence-corrected chi connectivity index (χ2v) is 5.89. The van der Waals surface area contributed by atoms with E-state index in [1.54, 1.807) is 32.1 Å². The number of rotatable bonds is 1. The van der Waals surface area contributed by atoms with Crippen LogP contribution in [-0.2, 0) is 14.3 Å². The van der Waals surface area contributed by atoms with Gasteiger partial charge in [0.1, 0.15) is 11.6 Å². The highest BCUT2D eigenvalue weighted by atomic mass is 32.2. The number of methoxy groups -OCH3 is 1. The Hall–Kier alpha value is -0.950. The summed E-state index contributed by atoms with van der Waals surface area (Å²) in [5.74, 6) is -0.356. The molecule has 0 bridgehead atoms. The van der Waals surface area contributed by atoms with E-state index in [-0.39, 0.29) is 12.5 Å². The van der Waals surface area contributed by atoms with Gasteiger partial charge in [0, 0.05) is 19.2 Å². The first-order chi connectivity index (χ1) is 7.74. The number of esters is 1. The van der Waals surface area contributed by atoms with Crippen molar-refractivity contribution >= 4 is 24.2 Å². The van der Waals surface area contributed by atoms with Gasteiger partial charge in [0.15, 0.2) is 0 Å². The average molecular weight is 262 g/mol. The maximum absolute atomic E-state index is 11.8. The van der Waals surface area contributed by atoms with Crippen LogP contribution in [0.15, 0.2) is 0 Å². The summed E-state index contributed by atoms with van der Waals surface area (Å²) in [5, 5.41) is 0. The highest BCUT2D eigenvalue weighted by Gasteiger charge is 2.39. The molecule has 1 fully saturated rings. The van der Waals surface area contributed by atoms with Crippen LogP contribution in [0.5, 0.6) is 0 Å². The van der Waals surface area contributed by atoms with Crippen molar-refractivity contribution in [1.29, 1.82) is 0 Å². The van der Waals surface area contributed by atoms with Gasteiger partial charge in [-0.15, -0.1) is 0 Å². The molecule has 17 heavy (non-hydrogen) atoms. The number of likely N-dealkylation sites (N-methyl/N-ethyl adjacent to an activating group) is 1. The van der Waals surface area contributed by atoms with Crippen molar-refractivity contribution < 1.29 is 19.1 Å². The highest BCUT2D eigenvalue weighted by molar-refractivity contribution is 7.95. The first-order valence-corrected chi connectivity index (χ1v) is 5.97. The number of amides is 1. The number of nitrogens with zero attached hydrogens (tertiary/aromatic N) is 2. The Morgan fingerprint density at radius 2 is 1.94 bits per heavy atom. The molecule has 0 aromatic carbocycles. The molecule has 0 radical (unpaired) electrons. The van der Waals surface area contributed by atoms with Gasteiger partial charge in [0.25, 0.3) is 0 Å². The van der Waals surface area contributed by atoms with Gasteiger partial charge < -0.3 is 9.47 Å². The molecule has 0 saturated carbocycles. The monoisotopic (exact) mass is 262 g/mol. The van der Waals surface area contributed by atoms with E-state index < -0.39 is 17.7 Å². The van der Waals surface area contributed by atoms with E-state index in [1.807, 2.05) is 0 Å². The molecule has 1 aliphatic heterocycles. The van der Waals surface area contributed by atoms with Gasteiger partial charge in [-0.25, -0.2) is 13.4 Å². The fourth-order valence-electron chi connectivity index (χ4n) is 1.30. The van der Waals surface area contributed by atoms with Crippen molar-refractivity contribution in [3.8, 4) is 0 Å². The highest BCUT2D eigenvalue weighted by Crippen LogP contribution is 2.28. The van der Waals surface area contributed by atoms with Gasteiger partial charge in [-0.2, -0.15) is 0 Å². The Morgan fingerprint density at radius 3 is 2.41 bits per heavy atom. The minimum absolute atomic E-state index is 0.267. The maximum atomic E-state index is 11.8. The van der Waals surface area contributed by atoms with Gasteiger partial charge in [-0.3, -0.25) is 4.79 Å². The third kappa shape index (κ3) is 3.78. The minimum atomic E-state index is -0.542. The van der Waals surface area contributed by atoms with Crippen LogP contribution in [0.1, 0.15) is 20.8 Å². The molecule has 0 spiro atoms. The topological polar surface area (TPSA) is 59.1 Å². The Bertz CT molecular complexity index is 316. The van der Waals surface area contributed by atoms with Crippen LogP contribution in [0.2, 0.25) is 0 Å². The largest absolute Gasteiger partial charge is 0.468 e. The van der Waals surface area contributed by atoms with Crippen LogP contribution in [0.25, 0.3) is 0 Å². The predicted molar refractivity (Wildman–Crippen MR) is 64.1 cm³/mol. The molecule has 0 aromatic heterocycles. The fraction of sp³-hybridized carbons (Fsp3) is 0.800. The van der Waals surface area contributed by atoms with Gasteiger partial charge >= 0.3 is 12.1 Å². The van der Waals surface area contributed by atoms with Crippen LogP contribution in [0.3, 0.4) is 0 Å². The maximum Gasteiger partial charge on any atom is 0.421 e.